The number of anilines is 1. The van der Waals surface area contributed by atoms with E-state index >= 15 is 0 Å². The Labute approximate surface area is 150 Å². The van der Waals surface area contributed by atoms with E-state index in [0.29, 0.717) is 17.5 Å². The van der Waals surface area contributed by atoms with E-state index in [9.17, 15) is 9.59 Å². The number of hydrogen-bond acceptors (Lipinski definition) is 2. The molecule has 0 unspecified atom stereocenters. The zero-order valence-corrected chi connectivity index (χ0v) is 14.9. The van der Waals surface area contributed by atoms with Crippen molar-refractivity contribution in [1.29, 1.82) is 0 Å². The van der Waals surface area contributed by atoms with Crippen molar-refractivity contribution in [3.05, 3.63) is 42.5 Å². The number of rotatable bonds is 4. The third-order valence-electron chi connectivity index (χ3n) is 5.87. The Morgan fingerprint density at radius 1 is 1.08 bits per heavy atom. The maximum absolute atomic E-state index is 12.8. The van der Waals surface area contributed by atoms with E-state index in [0.717, 1.165) is 31.5 Å². The highest BCUT2D eigenvalue weighted by Crippen LogP contribution is 2.46. The number of carbonyl (C=O) groups is 2. The van der Waals surface area contributed by atoms with Gasteiger partial charge in [-0.1, -0.05) is 37.6 Å². The van der Waals surface area contributed by atoms with Crippen molar-refractivity contribution in [3.8, 4) is 0 Å². The summed E-state index contributed by atoms with van der Waals surface area (Å²) < 4.78 is 0. The Hall–Kier alpha value is -2.10. The van der Waals surface area contributed by atoms with E-state index in [1.54, 1.807) is 0 Å². The summed E-state index contributed by atoms with van der Waals surface area (Å²) in [5.41, 5.74) is 2.07. The van der Waals surface area contributed by atoms with Crippen LogP contribution in [0.3, 0.4) is 0 Å². The lowest BCUT2D eigenvalue weighted by Crippen LogP contribution is -2.34. The van der Waals surface area contributed by atoms with Gasteiger partial charge in [-0.3, -0.25) is 9.59 Å². The lowest BCUT2D eigenvalue weighted by atomic mass is 9.79. The third-order valence-corrected chi connectivity index (χ3v) is 5.87. The van der Waals surface area contributed by atoms with Crippen LogP contribution in [-0.4, -0.2) is 29.8 Å². The van der Waals surface area contributed by atoms with Crippen LogP contribution in [0.1, 0.15) is 50.5 Å². The number of benzene rings is 1. The fourth-order valence-corrected chi connectivity index (χ4v) is 4.38. The summed E-state index contributed by atoms with van der Waals surface area (Å²) in [5, 5.41) is 2.79. The van der Waals surface area contributed by atoms with Crippen LogP contribution >= 0.6 is 0 Å². The molecule has 2 fully saturated rings. The Kier molecular flexibility index (Phi) is 5.57. The molecule has 1 aromatic carbocycles. The van der Waals surface area contributed by atoms with Crippen molar-refractivity contribution < 1.29 is 9.59 Å². The Morgan fingerprint density at radius 2 is 1.80 bits per heavy atom. The molecule has 3 rings (SSSR count). The molecule has 0 atom stereocenters. The molecule has 1 aliphatic carbocycles. The van der Waals surface area contributed by atoms with Crippen molar-refractivity contribution in [2.75, 3.05) is 18.4 Å². The van der Waals surface area contributed by atoms with Gasteiger partial charge in [0, 0.05) is 18.8 Å². The molecule has 2 aliphatic rings. The third kappa shape index (κ3) is 4.30. The SMILES string of the molecule is C=CC(=O)Nc1ccccc1CC(=O)N1CCCC2(CCCC2)CC1. The van der Waals surface area contributed by atoms with Crippen LogP contribution < -0.4 is 5.32 Å². The highest BCUT2D eigenvalue weighted by Gasteiger charge is 2.35. The minimum atomic E-state index is -0.252. The smallest absolute Gasteiger partial charge is 0.247 e. The minimum absolute atomic E-state index is 0.162. The first-order chi connectivity index (χ1) is 12.1. The number of nitrogens with one attached hydrogen (secondary N) is 1. The Bertz CT molecular complexity index is 647. The standard InChI is InChI=1S/C21H28N2O2/c1-2-19(24)22-18-9-4-3-8-17(18)16-20(25)23-14-7-12-21(13-15-23)10-5-6-11-21/h2-4,8-9H,1,5-7,10-16H2,(H,22,24). The molecule has 1 spiro atoms. The van der Waals surface area contributed by atoms with Gasteiger partial charge in [-0.05, 0) is 55.2 Å². The van der Waals surface area contributed by atoms with Gasteiger partial charge >= 0.3 is 0 Å². The van der Waals surface area contributed by atoms with E-state index in [1.165, 1.54) is 38.2 Å². The van der Waals surface area contributed by atoms with Crippen LogP contribution in [0.5, 0.6) is 0 Å². The van der Waals surface area contributed by atoms with Crippen molar-refractivity contribution in [3.63, 3.8) is 0 Å². The summed E-state index contributed by atoms with van der Waals surface area (Å²) >= 11 is 0. The molecule has 1 saturated heterocycles. The summed E-state index contributed by atoms with van der Waals surface area (Å²) in [6.07, 6.45) is 10.5. The number of carbonyl (C=O) groups excluding carboxylic acids is 2. The number of para-hydroxylation sites is 1. The van der Waals surface area contributed by atoms with E-state index < -0.39 is 0 Å². The predicted octanol–water partition coefficient (Wildman–Crippen LogP) is 3.93. The molecule has 0 bridgehead atoms. The zero-order chi connectivity index (χ0) is 17.7. The van der Waals surface area contributed by atoms with Gasteiger partial charge in [0.05, 0.1) is 6.42 Å². The second-order valence-corrected chi connectivity index (χ2v) is 7.47. The van der Waals surface area contributed by atoms with Crippen LogP contribution in [0.15, 0.2) is 36.9 Å². The lowest BCUT2D eigenvalue weighted by Gasteiger charge is -2.27. The van der Waals surface area contributed by atoms with Gasteiger partial charge in [-0.15, -0.1) is 0 Å². The first kappa shape index (κ1) is 17.7. The maximum atomic E-state index is 12.8. The summed E-state index contributed by atoms with van der Waals surface area (Å²) in [7, 11) is 0. The van der Waals surface area contributed by atoms with Crippen molar-refractivity contribution in [2.24, 2.45) is 5.41 Å². The fourth-order valence-electron chi connectivity index (χ4n) is 4.38. The minimum Gasteiger partial charge on any atom is -0.342 e. The fraction of sp³-hybridized carbons (Fsp3) is 0.524. The van der Waals surface area contributed by atoms with Crippen LogP contribution in [0.4, 0.5) is 5.69 Å². The summed E-state index contributed by atoms with van der Waals surface area (Å²) in [5.74, 6) is -0.0896. The molecular weight excluding hydrogens is 312 g/mol. The molecule has 1 aromatic rings. The largest absolute Gasteiger partial charge is 0.342 e. The average Bonchev–Trinajstić information content (AvgIpc) is 2.97. The highest BCUT2D eigenvalue weighted by atomic mass is 16.2. The lowest BCUT2D eigenvalue weighted by molar-refractivity contribution is -0.130. The molecule has 1 saturated carbocycles. The van der Waals surface area contributed by atoms with Gasteiger partial charge in [-0.2, -0.15) is 0 Å². The first-order valence-electron chi connectivity index (χ1n) is 9.41. The van der Waals surface area contributed by atoms with E-state index in [1.807, 2.05) is 29.2 Å². The van der Waals surface area contributed by atoms with Crippen LogP contribution in [0.2, 0.25) is 0 Å². The van der Waals surface area contributed by atoms with Gasteiger partial charge in [0.1, 0.15) is 0 Å². The summed E-state index contributed by atoms with van der Waals surface area (Å²) in [4.78, 5) is 26.4. The van der Waals surface area contributed by atoms with Crippen LogP contribution in [0.25, 0.3) is 0 Å². The molecule has 1 heterocycles. The summed E-state index contributed by atoms with van der Waals surface area (Å²) in [6, 6.07) is 7.51. The predicted molar refractivity (Wildman–Crippen MR) is 100 cm³/mol. The molecule has 25 heavy (non-hydrogen) atoms. The van der Waals surface area contributed by atoms with Gasteiger partial charge in [0.25, 0.3) is 0 Å². The number of amides is 2. The monoisotopic (exact) mass is 340 g/mol. The molecule has 0 radical (unpaired) electrons. The quantitative estimate of drug-likeness (QED) is 0.845. The van der Waals surface area contributed by atoms with Crippen molar-refractivity contribution in [1.82, 2.24) is 4.90 Å². The molecule has 1 N–H and O–H groups in total. The van der Waals surface area contributed by atoms with Crippen LogP contribution in [0, 0.1) is 5.41 Å². The highest BCUT2D eigenvalue weighted by molar-refractivity contribution is 5.99. The molecular formula is C21H28N2O2. The van der Waals surface area contributed by atoms with E-state index in [2.05, 4.69) is 11.9 Å². The number of hydrogen-bond donors (Lipinski definition) is 1. The van der Waals surface area contributed by atoms with E-state index in [-0.39, 0.29) is 11.8 Å². The van der Waals surface area contributed by atoms with E-state index in [4.69, 9.17) is 0 Å². The molecule has 134 valence electrons. The van der Waals surface area contributed by atoms with Gasteiger partial charge in [0.2, 0.25) is 11.8 Å². The maximum Gasteiger partial charge on any atom is 0.247 e. The molecule has 4 nitrogen and oxygen atoms in total. The van der Waals surface area contributed by atoms with Crippen LogP contribution in [-0.2, 0) is 16.0 Å². The molecule has 2 amide bonds. The van der Waals surface area contributed by atoms with Gasteiger partial charge in [-0.25, -0.2) is 0 Å². The topological polar surface area (TPSA) is 49.4 Å². The number of likely N-dealkylation sites (tertiary alicyclic amines) is 1. The number of nitrogens with zero attached hydrogens (tertiary/aromatic N) is 1. The van der Waals surface area contributed by atoms with Crippen molar-refractivity contribution in [2.45, 2.75) is 51.4 Å². The average molecular weight is 340 g/mol. The molecule has 0 aromatic heterocycles. The second kappa shape index (κ2) is 7.85. The van der Waals surface area contributed by atoms with Crippen molar-refractivity contribution >= 4 is 17.5 Å². The first-order valence-corrected chi connectivity index (χ1v) is 9.41. The second-order valence-electron chi connectivity index (χ2n) is 7.47. The zero-order valence-electron chi connectivity index (χ0n) is 14.9. The Balaban J connectivity index is 1.64. The molecule has 1 aliphatic heterocycles. The summed E-state index contributed by atoms with van der Waals surface area (Å²) in [6.45, 7) is 5.22. The van der Waals surface area contributed by atoms with Gasteiger partial charge in [0.15, 0.2) is 0 Å². The normalized spacial score (nSPS) is 19.4. The Morgan fingerprint density at radius 3 is 2.56 bits per heavy atom. The molecule has 4 heteroatoms. The van der Waals surface area contributed by atoms with Gasteiger partial charge < -0.3 is 10.2 Å².